The van der Waals surface area contributed by atoms with Crippen LogP contribution in [0.2, 0.25) is 0 Å². The predicted molar refractivity (Wildman–Crippen MR) is 102 cm³/mol. The Bertz CT molecular complexity index is 822. The van der Waals surface area contributed by atoms with Crippen molar-refractivity contribution >= 4 is 34.4 Å². The summed E-state index contributed by atoms with van der Waals surface area (Å²) in [5.74, 6) is 0.0983. The zero-order chi connectivity index (χ0) is 18.5. The van der Waals surface area contributed by atoms with Gasteiger partial charge in [0.1, 0.15) is 11.0 Å². The molecule has 2 N–H and O–H groups in total. The number of carbonyl (C=O) groups excluding carboxylic acids is 2. The van der Waals surface area contributed by atoms with Crippen molar-refractivity contribution in [1.82, 2.24) is 4.90 Å². The van der Waals surface area contributed by atoms with Crippen LogP contribution < -0.4 is 10.5 Å². The summed E-state index contributed by atoms with van der Waals surface area (Å²) in [6.45, 7) is 0.372. The molecule has 2 aromatic rings. The van der Waals surface area contributed by atoms with Crippen molar-refractivity contribution in [2.24, 2.45) is 10.7 Å². The van der Waals surface area contributed by atoms with Gasteiger partial charge in [0.25, 0.3) is 0 Å². The molecule has 7 heteroatoms. The zero-order valence-electron chi connectivity index (χ0n) is 14.3. The molecular weight excluding hydrogens is 350 g/mol. The number of nitrogens with zero attached hydrogens (tertiary/aromatic N) is 2. The summed E-state index contributed by atoms with van der Waals surface area (Å²) >= 11 is 1.28. The van der Waals surface area contributed by atoms with Crippen LogP contribution in [0.1, 0.15) is 12.0 Å². The number of primary amides is 1. The molecule has 1 saturated heterocycles. The molecule has 26 heavy (non-hydrogen) atoms. The number of hydrogen-bond donors (Lipinski definition) is 1. The summed E-state index contributed by atoms with van der Waals surface area (Å²) in [7, 11) is 1.61. The topological polar surface area (TPSA) is 85.0 Å². The highest BCUT2D eigenvalue weighted by Crippen LogP contribution is 2.32. The van der Waals surface area contributed by atoms with Crippen molar-refractivity contribution in [2.75, 3.05) is 7.11 Å². The van der Waals surface area contributed by atoms with Gasteiger partial charge in [-0.3, -0.25) is 14.5 Å². The van der Waals surface area contributed by atoms with E-state index in [4.69, 9.17) is 10.5 Å². The Morgan fingerprint density at radius 1 is 1.19 bits per heavy atom. The molecule has 0 saturated carbocycles. The highest BCUT2D eigenvalue weighted by molar-refractivity contribution is 8.15. The summed E-state index contributed by atoms with van der Waals surface area (Å²) in [4.78, 5) is 30.2. The van der Waals surface area contributed by atoms with Gasteiger partial charge in [-0.2, -0.15) is 0 Å². The van der Waals surface area contributed by atoms with Crippen LogP contribution in [0.5, 0.6) is 5.75 Å². The van der Waals surface area contributed by atoms with Gasteiger partial charge in [0, 0.05) is 6.42 Å². The number of amidine groups is 1. The first-order valence-corrected chi connectivity index (χ1v) is 8.98. The van der Waals surface area contributed by atoms with Gasteiger partial charge in [-0.15, -0.1) is 0 Å². The standard InChI is InChI=1S/C19H19N3O3S/c1-25-15-9-7-13(8-10-15)12-22-18(24)16(11-17(20)23)26-19(22)21-14-5-3-2-4-6-14/h2-10,16H,11-12H2,1H3,(H2,20,23)/t16-/m1/s1. The van der Waals surface area contributed by atoms with Crippen LogP contribution in [0.25, 0.3) is 0 Å². The third-order valence-electron chi connectivity index (χ3n) is 3.89. The van der Waals surface area contributed by atoms with Gasteiger partial charge in [0.05, 0.1) is 19.3 Å². The fourth-order valence-corrected chi connectivity index (χ4v) is 3.75. The maximum Gasteiger partial charge on any atom is 0.242 e. The molecule has 6 nitrogen and oxygen atoms in total. The number of nitrogens with two attached hydrogens (primary N) is 1. The molecule has 2 aromatic carbocycles. The first-order chi connectivity index (χ1) is 12.6. The van der Waals surface area contributed by atoms with E-state index in [0.29, 0.717) is 11.7 Å². The van der Waals surface area contributed by atoms with E-state index in [2.05, 4.69) is 4.99 Å². The average Bonchev–Trinajstić information content (AvgIpc) is 2.91. The van der Waals surface area contributed by atoms with Gasteiger partial charge in [-0.25, -0.2) is 4.99 Å². The number of ether oxygens (including phenoxy) is 1. The van der Waals surface area contributed by atoms with E-state index >= 15 is 0 Å². The number of para-hydroxylation sites is 1. The minimum Gasteiger partial charge on any atom is -0.497 e. The molecule has 2 amide bonds. The van der Waals surface area contributed by atoms with Crippen molar-refractivity contribution < 1.29 is 14.3 Å². The fourth-order valence-electron chi connectivity index (χ4n) is 2.58. The van der Waals surface area contributed by atoms with Crippen molar-refractivity contribution in [2.45, 2.75) is 18.2 Å². The monoisotopic (exact) mass is 369 g/mol. The molecule has 0 radical (unpaired) electrons. The number of amides is 2. The summed E-state index contributed by atoms with van der Waals surface area (Å²) in [5, 5.41) is 0.0384. The molecular formula is C19H19N3O3S. The lowest BCUT2D eigenvalue weighted by atomic mass is 10.2. The molecule has 0 aliphatic carbocycles. The van der Waals surface area contributed by atoms with Gasteiger partial charge < -0.3 is 10.5 Å². The van der Waals surface area contributed by atoms with Crippen molar-refractivity contribution in [3.63, 3.8) is 0 Å². The first-order valence-electron chi connectivity index (χ1n) is 8.10. The minimum atomic E-state index is -0.534. The minimum absolute atomic E-state index is 0.00355. The van der Waals surface area contributed by atoms with E-state index < -0.39 is 11.2 Å². The molecule has 0 spiro atoms. The number of hydrogen-bond acceptors (Lipinski definition) is 5. The predicted octanol–water partition coefficient (Wildman–Crippen LogP) is 2.70. The van der Waals surface area contributed by atoms with Crippen LogP contribution in [0, 0.1) is 0 Å². The highest BCUT2D eigenvalue weighted by Gasteiger charge is 2.38. The van der Waals surface area contributed by atoms with Crippen LogP contribution in [-0.4, -0.2) is 34.2 Å². The number of rotatable bonds is 6. The smallest absolute Gasteiger partial charge is 0.242 e. The molecule has 0 bridgehead atoms. The number of methoxy groups -OCH3 is 1. The van der Waals surface area contributed by atoms with Crippen LogP contribution in [0.3, 0.4) is 0 Å². The van der Waals surface area contributed by atoms with Gasteiger partial charge in [0.15, 0.2) is 5.17 Å². The Morgan fingerprint density at radius 2 is 1.88 bits per heavy atom. The van der Waals surface area contributed by atoms with Crippen LogP contribution in [0.4, 0.5) is 5.69 Å². The quantitative estimate of drug-likeness (QED) is 0.848. The molecule has 0 unspecified atom stereocenters. The largest absolute Gasteiger partial charge is 0.497 e. The Morgan fingerprint density at radius 3 is 2.50 bits per heavy atom. The van der Waals surface area contributed by atoms with Crippen LogP contribution in [0.15, 0.2) is 59.6 Å². The molecule has 0 aromatic heterocycles. The van der Waals surface area contributed by atoms with E-state index in [0.717, 1.165) is 17.0 Å². The second-order valence-corrected chi connectivity index (χ2v) is 6.95. The summed E-state index contributed by atoms with van der Waals surface area (Å²) in [5.41, 5.74) is 6.98. The van der Waals surface area contributed by atoms with E-state index in [-0.39, 0.29) is 12.3 Å². The average molecular weight is 369 g/mol. The lowest BCUT2D eigenvalue weighted by Gasteiger charge is -2.16. The van der Waals surface area contributed by atoms with Crippen molar-refractivity contribution in [3.05, 3.63) is 60.2 Å². The fraction of sp³-hybridized carbons (Fsp3) is 0.211. The lowest BCUT2D eigenvalue weighted by Crippen LogP contribution is -2.33. The SMILES string of the molecule is COc1ccc(CN2C(=O)[C@@H](CC(N)=O)SC2=Nc2ccccc2)cc1. The summed E-state index contributed by atoms with van der Waals surface area (Å²) in [6.07, 6.45) is -0.00355. The number of benzene rings is 2. The Balaban J connectivity index is 1.87. The van der Waals surface area contributed by atoms with Gasteiger partial charge in [-0.1, -0.05) is 42.1 Å². The molecule has 1 fully saturated rings. The Labute approximate surface area is 156 Å². The maximum absolute atomic E-state index is 12.8. The maximum atomic E-state index is 12.8. The van der Waals surface area contributed by atoms with Gasteiger partial charge >= 0.3 is 0 Å². The van der Waals surface area contributed by atoms with E-state index in [9.17, 15) is 9.59 Å². The summed E-state index contributed by atoms with van der Waals surface area (Å²) < 4.78 is 5.16. The number of thioether (sulfide) groups is 1. The number of aliphatic imine (C=N–C) groups is 1. The normalized spacial score (nSPS) is 18.3. The Kier molecular flexibility index (Phi) is 5.58. The molecule has 3 rings (SSSR count). The number of carbonyl (C=O) groups is 2. The second kappa shape index (κ2) is 8.05. The Hall–Kier alpha value is -2.80. The third kappa shape index (κ3) is 4.23. The highest BCUT2D eigenvalue weighted by atomic mass is 32.2. The first kappa shape index (κ1) is 18.0. The lowest BCUT2D eigenvalue weighted by molar-refractivity contribution is -0.128. The van der Waals surface area contributed by atoms with Gasteiger partial charge in [-0.05, 0) is 29.8 Å². The van der Waals surface area contributed by atoms with Crippen molar-refractivity contribution in [3.8, 4) is 5.75 Å². The second-order valence-electron chi connectivity index (χ2n) is 5.78. The molecule has 1 heterocycles. The van der Waals surface area contributed by atoms with Gasteiger partial charge in [0.2, 0.25) is 11.8 Å². The summed E-state index contributed by atoms with van der Waals surface area (Å²) in [6, 6.07) is 16.9. The van der Waals surface area contributed by atoms with Crippen molar-refractivity contribution in [1.29, 1.82) is 0 Å². The van der Waals surface area contributed by atoms with E-state index in [1.165, 1.54) is 11.8 Å². The van der Waals surface area contributed by atoms with E-state index in [1.807, 2.05) is 54.6 Å². The molecule has 1 aliphatic rings. The molecule has 134 valence electrons. The van der Waals surface area contributed by atoms with Crippen LogP contribution in [-0.2, 0) is 16.1 Å². The zero-order valence-corrected chi connectivity index (χ0v) is 15.1. The third-order valence-corrected chi connectivity index (χ3v) is 5.06. The van der Waals surface area contributed by atoms with E-state index in [1.54, 1.807) is 12.0 Å². The molecule has 1 atom stereocenters. The molecule has 1 aliphatic heterocycles. The van der Waals surface area contributed by atoms with Crippen LogP contribution >= 0.6 is 11.8 Å².